The SMILES string of the molecule is COc1ccccc1C/C(C)=C\C(=O)Nc1ccc2nc[nH]c(=O)c2c1. The molecule has 0 radical (unpaired) electrons. The van der Waals surface area contributed by atoms with E-state index >= 15 is 0 Å². The first-order valence-corrected chi connectivity index (χ1v) is 8.14. The number of aromatic amines is 1. The molecule has 3 rings (SSSR count). The molecule has 1 aromatic heterocycles. The summed E-state index contributed by atoms with van der Waals surface area (Å²) in [5.74, 6) is 0.541. The molecule has 1 heterocycles. The van der Waals surface area contributed by atoms with Crippen molar-refractivity contribution in [1.82, 2.24) is 9.97 Å². The van der Waals surface area contributed by atoms with Crippen LogP contribution in [0, 0.1) is 0 Å². The zero-order valence-electron chi connectivity index (χ0n) is 14.6. The molecule has 0 aliphatic carbocycles. The van der Waals surface area contributed by atoms with E-state index in [1.165, 1.54) is 6.33 Å². The molecule has 26 heavy (non-hydrogen) atoms. The Kier molecular flexibility index (Phi) is 5.12. The Morgan fingerprint density at radius 3 is 2.88 bits per heavy atom. The van der Waals surface area contributed by atoms with Gasteiger partial charge >= 0.3 is 0 Å². The Morgan fingerprint density at radius 1 is 1.27 bits per heavy atom. The van der Waals surface area contributed by atoms with Crippen LogP contribution in [-0.2, 0) is 11.2 Å². The summed E-state index contributed by atoms with van der Waals surface area (Å²) in [6.07, 6.45) is 3.51. The summed E-state index contributed by atoms with van der Waals surface area (Å²) in [6, 6.07) is 12.7. The van der Waals surface area contributed by atoms with E-state index in [0.29, 0.717) is 23.0 Å². The summed E-state index contributed by atoms with van der Waals surface area (Å²) in [6.45, 7) is 1.89. The third kappa shape index (κ3) is 3.97. The van der Waals surface area contributed by atoms with E-state index in [-0.39, 0.29) is 11.5 Å². The number of carbonyl (C=O) groups excluding carboxylic acids is 1. The number of H-pyrrole nitrogens is 1. The van der Waals surface area contributed by atoms with E-state index in [9.17, 15) is 9.59 Å². The van der Waals surface area contributed by atoms with Crippen molar-refractivity contribution in [3.05, 3.63) is 76.4 Å². The lowest BCUT2D eigenvalue weighted by molar-refractivity contribution is -0.111. The molecule has 0 bridgehead atoms. The maximum absolute atomic E-state index is 12.3. The van der Waals surface area contributed by atoms with Gasteiger partial charge in [0.1, 0.15) is 5.75 Å². The van der Waals surface area contributed by atoms with Crippen LogP contribution in [-0.4, -0.2) is 23.0 Å². The van der Waals surface area contributed by atoms with Crippen LogP contribution in [0.25, 0.3) is 10.9 Å². The number of ether oxygens (including phenoxy) is 1. The first-order chi connectivity index (χ1) is 12.6. The maximum atomic E-state index is 12.3. The molecule has 0 aliphatic rings. The van der Waals surface area contributed by atoms with Crippen LogP contribution in [0.15, 0.2) is 65.2 Å². The number of benzene rings is 2. The van der Waals surface area contributed by atoms with Crippen molar-refractivity contribution in [2.24, 2.45) is 0 Å². The zero-order valence-corrected chi connectivity index (χ0v) is 14.6. The van der Waals surface area contributed by atoms with Crippen molar-refractivity contribution < 1.29 is 9.53 Å². The molecule has 0 fully saturated rings. The number of allylic oxidation sites excluding steroid dienone is 1. The largest absolute Gasteiger partial charge is 0.496 e. The minimum atomic E-state index is -0.253. The molecule has 0 spiro atoms. The summed E-state index contributed by atoms with van der Waals surface area (Å²) >= 11 is 0. The Balaban J connectivity index is 1.74. The lowest BCUT2D eigenvalue weighted by Gasteiger charge is -2.08. The minimum absolute atomic E-state index is 0.242. The van der Waals surface area contributed by atoms with Crippen molar-refractivity contribution >= 4 is 22.5 Å². The molecule has 132 valence electrons. The summed E-state index contributed by atoms with van der Waals surface area (Å²) in [5.41, 5.74) is 2.79. The number of fused-ring (bicyclic) bond motifs is 1. The van der Waals surface area contributed by atoms with Crippen LogP contribution in [0.4, 0.5) is 5.69 Å². The first-order valence-electron chi connectivity index (χ1n) is 8.14. The van der Waals surface area contributed by atoms with Crippen LogP contribution in [0.2, 0.25) is 0 Å². The second-order valence-electron chi connectivity index (χ2n) is 5.93. The summed E-state index contributed by atoms with van der Waals surface area (Å²) in [7, 11) is 1.63. The number of nitrogens with zero attached hydrogens (tertiary/aromatic N) is 1. The van der Waals surface area contributed by atoms with Crippen molar-refractivity contribution in [1.29, 1.82) is 0 Å². The molecule has 6 nitrogen and oxygen atoms in total. The van der Waals surface area contributed by atoms with E-state index in [1.807, 2.05) is 31.2 Å². The monoisotopic (exact) mass is 349 g/mol. The Bertz CT molecular complexity index is 1040. The van der Waals surface area contributed by atoms with Gasteiger partial charge in [0.15, 0.2) is 0 Å². The number of para-hydroxylation sites is 1. The Labute approximate surface area is 150 Å². The highest BCUT2D eigenvalue weighted by Gasteiger charge is 2.06. The van der Waals surface area contributed by atoms with Crippen molar-refractivity contribution in [3.63, 3.8) is 0 Å². The lowest BCUT2D eigenvalue weighted by Crippen LogP contribution is -2.11. The molecule has 6 heteroatoms. The van der Waals surface area contributed by atoms with Crippen LogP contribution < -0.4 is 15.6 Å². The predicted octanol–water partition coefficient (Wildman–Crippen LogP) is 3.06. The molecule has 3 aromatic rings. The van der Waals surface area contributed by atoms with Gasteiger partial charge in [-0.25, -0.2) is 4.98 Å². The van der Waals surface area contributed by atoms with Gasteiger partial charge in [0.2, 0.25) is 5.91 Å². The second-order valence-corrected chi connectivity index (χ2v) is 5.93. The number of anilines is 1. The molecule has 1 amide bonds. The number of rotatable bonds is 5. The van der Waals surface area contributed by atoms with Gasteiger partial charge in [0, 0.05) is 11.8 Å². The van der Waals surface area contributed by atoms with Gasteiger partial charge in [-0.1, -0.05) is 23.8 Å². The topological polar surface area (TPSA) is 84.1 Å². The third-order valence-electron chi connectivity index (χ3n) is 3.95. The van der Waals surface area contributed by atoms with E-state index in [2.05, 4.69) is 15.3 Å². The average molecular weight is 349 g/mol. The average Bonchev–Trinajstić information content (AvgIpc) is 2.62. The first kappa shape index (κ1) is 17.4. The fourth-order valence-electron chi connectivity index (χ4n) is 2.75. The molecule has 2 N–H and O–H groups in total. The van der Waals surface area contributed by atoms with Gasteiger partial charge in [-0.2, -0.15) is 0 Å². The number of methoxy groups -OCH3 is 1. The summed E-state index contributed by atoms with van der Waals surface area (Å²) in [4.78, 5) is 30.7. The van der Waals surface area contributed by atoms with Gasteiger partial charge in [-0.05, 0) is 43.2 Å². The van der Waals surface area contributed by atoms with E-state index in [1.54, 1.807) is 31.4 Å². The zero-order chi connectivity index (χ0) is 18.5. The molecule has 0 aliphatic heterocycles. The molecular weight excluding hydrogens is 330 g/mol. The fraction of sp³-hybridized carbons (Fsp3) is 0.150. The van der Waals surface area contributed by atoms with Gasteiger partial charge in [-0.15, -0.1) is 0 Å². The van der Waals surface area contributed by atoms with Crippen LogP contribution in [0.1, 0.15) is 12.5 Å². The van der Waals surface area contributed by atoms with Crippen molar-refractivity contribution in [3.8, 4) is 5.75 Å². The van der Waals surface area contributed by atoms with E-state index in [4.69, 9.17) is 4.74 Å². The van der Waals surface area contributed by atoms with Crippen LogP contribution >= 0.6 is 0 Å². The fourth-order valence-corrected chi connectivity index (χ4v) is 2.75. The molecule has 0 saturated carbocycles. The molecule has 0 saturated heterocycles. The number of carbonyl (C=O) groups is 1. The normalized spacial score (nSPS) is 11.4. The number of amides is 1. The minimum Gasteiger partial charge on any atom is -0.496 e. The van der Waals surface area contributed by atoms with Gasteiger partial charge in [0.25, 0.3) is 5.56 Å². The highest BCUT2D eigenvalue weighted by atomic mass is 16.5. The Morgan fingerprint density at radius 2 is 2.08 bits per heavy atom. The number of aromatic nitrogens is 2. The predicted molar refractivity (Wildman–Crippen MR) is 101 cm³/mol. The highest BCUT2D eigenvalue weighted by molar-refractivity contribution is 6.00. The van der Waals surface area contributed by atoms with Crippen molar-refractivity contribution in [2.75, 3.05) is 12.4 Å². The number of hydrogen-bond donors (Lipinski definition) is 2. The maximum Gasteiger partial charge on any atom is 0.258 e. The quantitative estimate of drug-likeness (QED) is 0.694. The number of nitrogens with one attached hydrogen (secondary N) is 2. The van der Waals surface area contributed by atoms with Gasteiger partial charge in [-0.3, -0.25) is 9.59 Å². The molecular formula is C20H19N3O3. The second kappa shape index (κ2) is 7.65. The van der Waals surface area contributed by atoms with E-state index < -0.39 is 0 Å². The number of hydrogen-bond acceptors (Lipinski definition) is 4. The van der Waals surface area contributed by atoms with Crippen LogP contribution in [0.5, 0.6) is 5.75 Å². The molecule has 0 atom stereocenters. The Hall–Kier alpha value is -3.41. The van der Waals surface area contributed by atoms with E-state index in [0.717, 1.165) is 16.9 Å². The van der Waals surface area contributed by atoms with Crippen molar-refractivity contribution in [2.45, 2.75) is 13.3 Å². The van der Waals surface area contributed by atoms with Gasteiger partial charge < -0.3 is 15.0 Å². The standard InChI is InChI=1S/C20H19N3O3/c1-13(9-14-5-3-4-6-18(14)26-2)10-19(24)23-15-7-8-17-16(11-15)20(25)22-12-21-17/h3-8,10-12H,9H2,1-2H3,(H,23,24)(H,21,22,25)/b13-10-. The smallest absolute Gasteiger partial charge is 0.258 e. The van der Waals surface area contributed by atoms with Gasteiger partial charge in [0.05, 0.1) is 24.3 Å². The summed E-state index contributed by atoms with van der Waals surface area (Å²) in [5, 5.41) is 3.21. The lowest BCUT2D eigenvalue weighted by atomic mass is 10.0. The third-order valence-corrected chi connectivity index (χ3v) is 3.95. The van der Waals surface area contributed by atoms with Crippen LogP contribution in [0.3, 0.4) is 0 Å². The highest BCUT2D eigenvalue weighted by Crippen LogP contribution is 2.20. The summed E-state index contributed by atoms with van der Waals surface area (Å²) < 4.78 is 5.33. The molecule has 0 unspecified atom stereocenters. The molecule has 2 aromatic carbocycles.